The standard InChI is InChI=1S/C8H19NO.C2H2O4/c1-8(2)4-7-10-6-3-5-9;3-1(4)2(5)6/h8H,3-7,9H2,1-2H3;(H,3,4)(H,5,6). The number of hydrogen-bond acceptors (Lipinski definition) is 4. The lowest BCUT2D eigenvalue weighted by Crippen LogP contribution is -2.09. The molecular formula is C10H21NO5. The Labute approximate surface area is 95.4 Å². The van der Waals surface area contributed by atoms with Crippen LogP contribution in [0.3, 0.4) is 0 Å². The predicted octanol–water partition coefficient (Wildman–Crippen LogP) is 0.554. The number of ether oxygens (including phenoxy) is 1. The van der Waals surface area contributed by atoms with Gasteiger partial charge >= 0.3 is 11.9 Å². The first-order valence-corrected chi connectivity index (χ1v) is 5.15. The number of carboxylic acids is 2. The first kappa shape index (κ1) is 17.3. The van der Waals surface area contributed by atoms with Gasteiger partial charge in [-0.2, -0.15) is 0 Å². The first-order chi connectivity index (χ1) is 7.41. The Bertz CT molecular complexity index is 182. The van der Waals surface area contributed by atoms with Crippen molar-refractivity contribution >= 4 is 11.9 Å². The van der Waals surface area contributed by atoms with Crippen LogP contribution < -0.4 is 5.73 Å². The molecule has 0 aromatic carbocycles. The van der Waals surface area contributed by atoms with Crippen molar-refractivity contribution in [2.24, 2.45) is 11.7 Å². The van der Waals surface area contributed by atoms with E-state index in [-0.39, 0.29) is 0 Å². The van der Waals surface area contributed by atoms with Gasteiger partial charge in [-0.3, -0.25) is 0 Å². The molecule has 0 spiro atoms. The van der Waals surface area contributed by atoms with Crippen LogP contribution in [0, 0.1) is 5.92 Å². The van der Waals surface area contributed by atoms with E-state index in [1.807, 2.05) is 0 Å². The van der Waals surface area contributed by atoms with E-state index in [4.69, 9.17) is 30.3 Å². The van der Waals surface area contributed by atoms with Crippen molar-refractivity contribution in [3.8, 4) is 0 Å². The molecule has 0 aliphatic rings. The zero-order chi connectivity index (χ0) is 13.0. The van der Waals surface area contributed by atoms with Crippen LogP contribution in [0.1, 0.15) is 26.7 Å². The highest BCUT2D eigenvalue weighted by Gasteiger charge is 2.04. The summed E-state index contributed by atoms with van der Waals surface area (Å²) >= 11 is 0. The Morgan fingerprint density at radius 1 is 1.19 bits per heavy atom. The maximum Gasteiger partial charge on any atom is 0.414 e. The molecule has 16 heavy (non-hydrogen) atoms. The number of rotatable bonds is 6. The lowest BCUT2D eigenvalue weighted by atomic mass is 10.1. The van der Waals surface area contributed by atoms with Crippen LogP contribution in [0.15, 0.2) is 0 Å². The molecule has 96 valence electrons. The number of carboxylic acid groups (broad SMARTS) is 2. The SMILES string of the molecule is CC(C)CCOCCCN.O=C(O)C(=O)O. The van der Waals surface area contributed by atoms with Crippen molar-refractivity contribution in [1.29, 1.82) is 0 Å². The molecule has 0 saturated carbocycles. The fourth-order valence-corrected chi connectivity index (χ4v) is 0.606. The van der Waals surface area contributed by atoms with Crippen molar-refractivity contribution in [2.75, 3.05) is 19.8 Å². The van der Waals surface area contributed by atoms with Gasteiger partial charge in [0.2, 0.25) is 0 Å². The molecule has 6 heteroatoms. The predicted molar refractivity (Wildman–Crippen MR) is 59.2 cm³/mol. The van der Waals surface area contributed by atoms with Crippen LogP contribution in [-0.2, 0) is 14.3 Å². The van der Waals surface area contributed by atoms with Crippen molar-refractivity contribution in [3.05, 3.63) is 0 Å². The maximum absolute atomic E-state index is 9.10. The monoisotopic (exact) mass is 235 g/mol. The molecule has 0 atom stereocenters. The minimum Gasteiger partial charge on any atom is -0.473 e. The third-order valence-corrected chi connectivity index (χ3v) is 1.52. The molecule has 0 aromatic rings. The number of hydrogen-bond donors (Lipinski definition) is 3. The molecule has 0 aliphatic heterocycles. The Kier molecular flexibility index (Phi) is 12.9. The molecular weight excluding hydrogens is 214 g/mol. The van der Waals surface area contributed by atoms with E-state index in [0.717, 1.165) is 38.5 Å². The quantitative estimate of drug-likeness (QED) is 0.458. The summed E-state index contributed by atoms with van der Waals surface area (Å²) in [5.41, 5.74) is 5.29. The average Bonchev–Trinajstić information content (AvgIpc) is 2.18. The van der Waals surface area contributed by atoms with Crippen LogP contribution in [0.5, 0.6) is 0 Å². The van der Waals surface area contributed by atoms with E-state index < -0.39 is 11.9 Å². The van der Waals surface area contributed by atoms with Crippen LogP contribution in [0.2, 0.25) is 0 Å². The molecule has 6 nitrogen and oxygen atoms in total. The van der Waals surface area contributed by atoms with Gasteiger partial charge in [0.25, 0.3) is 0 Å². The second-order valence-electron chi connectivity index (χ2n) is 3.55. The molecule has 0 unspecified atom stereocenters. The van der Waals surface area contributed by atoms with Crippen molar-refractivity contribution in [1.82, 2.24) is 0 Å². The fraction of sp³-hybridized carbons (Fsp3) is 0.800. The molecule has 4 N–H and O–H groups in total. The van der Waals surface area contributed by atoms with Gasteiger partial charge in [0.15, 0.2) is 0 Å². The Morgan fingerprint density at radius 3 is 2.00 bits per heavy atom. The second-order valence-corrected chi connectivity index (χ2v) is 3.55. The summed E-state index contributed by atoms with van der Waals surface area (Å²) in [6.45, 7) is 6.85. The Morgan fingerprint density at radius 2 is 1.69 bits per heavy atom. The molecule has 0 aliphatic carbocycles. The minimum atomic E-state index is -1.82. The third-order valence-electron chi connectivity index (χ3n) is 1.52. The molecule has 0 saturated heterocycles. The zero-order valence-electron chi connectivity index (χ0n) is 9.81. The number of carbonyl (C=O) groups is 2. The Balaban J connectivity index is 0. The minimum absolute atomic E-state index is 0.738. The third kappa shape index (κ3) is 18.6. The molecule has 0 fully saturated rings. The van der Waals surface area contributed by atoms with E-state index in [1.54, 1.807) is 0 Å². The first-order valence-electron chi connectivity index (χ1n) is 5.15. The average molecular weight is 235 g/mol. The summed E-state index contributed by atoms with van der Waals surface area (Å²) in [5, 5.41) is 14.8. The van der Waals surface area contributed by atoms with Crippen LogP contribution >= 0.6 is 0 Å². The summed E-state index contributed by atoms with van der Waals surface area (Å²) in [6.07, 6.45) is 2.14. The van der Waals surface area contributed by atoms with Gasteiger partial charge in [-0.15, -0.1) is 0 Å². The topological polar surface area (TPSA) is 110 Å². The highest BCUT2D eigenvalue weighted by Crippen LogP contribution is 1.98. The van der Waals surface area contributed by atoms with Gasteiger partial charge in [0.05, 0.1) is 0 Å². The van der Waals surface area contributed by atoms with Crippen LogP contribution in [0.25, 0.3) is 0 Å². The van der Waals surface area contributed by atoms with Gasteiger partial charge < -0.3 is 20.7 Å². The van der Waals surface area contributed by atoms with Crippen LogP contribution in [0.4, 0.5) is 0 Å². The van der Waals surface area contributed by atoms with E-state index in [1.165, 1.54) is 0 Å². The van der Waals surface area contributed by atoms with Gasteiger partial charge in [0.1, 0.15) is 0 Å². The van der Waals surface area contributed by atoms with Crippen molar-refractivity contribution in [3.63, 3.8) is 0 Å². The van der Waals surface area contributed by atoms with E-state index >= 15 is 0 Å². The highest BCUT2D eigenvalue weighted by molar-refractivity contribution is 6.27. The van der Waals surface area contributed by atoms with E-state index in [2.05, 4.69) is 13.8 Å². The van der Waals surface area contributed by atoms with Gasteiger partial charge in [0, 0.05) is 13.2 Å². The van der Waals surface area contributed by atoms with E-state index in [9.17, 15) is 0 Å². The lowest BCUT2D eigenvalue weighted by Gasteiger charge is -2.04. The van der Waals surface area contributed by atoms with E-state index in [0.29, 0.717) is 0 Å². The summed E-state index contributed by atoms with van der Waals surface area (Å²) < 4.78 is 5.30. The summed E-state index contributed by atoms with van der Waals surface area (Å²) in [4.78, 5) is 18.2. The summed E-state index contributed by atoms with van der Waals surface area (Å²) in [6, 6.07) is 0. The Hall–Kier alpha value is -1.14. The lowest BCUT2D eigenvalue weighted by molar-refractivity contribution is -0.159. The molecule has 0 heterocycles. The largest absolute Gasteiger partial charge is 0.473 e. The van der Waals surface area contributed by atoms with Crippen LogP contribution in [-0.4, -0.2) is 41.9 Å². The van der Waals surface area contributed by atoms with Crippen molar-refractivity contribution < 1.29 is 24.5 Å². The van der Waals surface area contributed by atoms with Gasteiger partial charge in [-0.25, -0.2) is 9.59 Å². The van der Waals surface area contributed by atoms with Gasteiger partial charge in [-0.05, 0) is 25.3 Å². The number of nitrogens with two attached hydrogens (primary N) is 1. The normalized spacial score (nSPS) is 9.50. The fourth-order valence-electron chi connectivity index (χ4n) is 0.606. The highest BCUT2D eigenvalue weighted by atomic mass is 16.5. The molecule has 0 rings (SSSR count). The summed E-state index contributed by atoms with van der Waals surface area (Å²) in [7, 11) is 0. The smallest absolute Gasteiger partial charge is 0.414 e. The van der Waals surface area contributed by atoms with Crippen molar-refractivity contribution in [2.45, 2.75) is 26.7 Å². The maximum atomic E-state index is 9.10. The number of aliphatic carboxylic acids is 2. The molecule has 0 amide bonds. The second kappa shape index (κ2) is 11.9. The molecule has 0 bridgehead atoms. The summed E-state index contributed by atoms with van der Waals surface area (Å²) in [5.74, 6) is -2.90. The zero-order valence-corrected chi connectivity index (χ0v) is 9.81. The molecule has 0 aromatic heterocycles. The van der Waals surface area contributed by atoms with Gasteiger partial charge in [-0.1, -0.05) is 13.8 Å². The molecule has 0 radical (unpaired) electrons.